The molecule has 0 bridgehead atoms. The second kappa shape index (κ2) is 10.1. The minimum absolute atomic E-state index is 0.0457. The number of halogens is 5. The lowest BCUT2D eigenvalue weighted by atomic mass is 9.68. The van der Waals surface area contributed by atoms with E-state index >= 15 is 0 Å². The van der Waals surface area contributed by atoms with Gasteiger partial charge in [-0.15, -0.1) is 0 Å². The molecule has 0 aromatic heterocycles. The highest BCUT2D eigenvalue weighted by molar-refractivity contribution is 7.96. The number of aliphatic imine (C=N–C) groups is 1. The summed E-state index contributed by atoms with van der Waals surface area (Å²) in [5, 5.41) is 12.0. The Morgan fingerprint density at radius 2 is 1.89 bits per heavy atom. The molecule has 4 rings (SSSR count). The Bertz CT molecular complexity index is 1250. The third-order valence-corrected chi connectivity index (χ3v) is 6.93. The van der Waals surface area contributed by atoms with E-state index in [1.54, 1.807) is 6.08 Å². The first-order chi connectivity index (χ1) is 17.0. The van der Waals surface area contributed by atoms with E-state index in [-0.39, 0.29) is 24.4 Å². The second-order valence-electron chi connectivity index (χ2n) is 8.41. The topological polar surface area (TPSA) is 82.2 Å². The van der Waals surface area contributed by atoms with Crippen molar-refractivity contribution in [2.45, 2.75) is 23.9 Å². The monoisotopic (exact) mass is 524 g/mol. The molecule has 0 spiro atoms. The molecule has 12 heteroatoms. The van der Waals surface area contributed by atoms with E-state index in [4.69, 9.17) is 5.73 Å². The number of aldehydes is 1. The summed E-state index contributed by atoms with van der Waals surface area (Å²) in [6.45, 7) is 0.329. The number of rotatable bonds is 5. The number of nitrogens with two attached hydrogens (primary N) is 1. The van der Waals surface area contributed by atoms with Gasteiger partial charge in [0.2, 0.25) is 0 Å². The zero-order chi connectivity index (χ0) is 26.1. The maximum atomic E-state index is 13.9. The molecule has 190 valence electrons. The van der Waals surface area contributed by atoms with Crippen molar-refractivity contribution in [3.63, 3.8) is 0 Å². The van der Waals surface area contributed by atoms with Gasteiger partial charge < -0.3 is 10.5 Å². The van der Waals surface area contributed by atoms with Crippen molar-refractivity contribution in [1.29, 1.82) is 0 Å². The SMILES string of the molecule is NC=C1CC2(C=O)CN(N(O)Sc3ccc(C(F)(F)F)c(F)c3)CCC2=CC1=Nc1ccc(F)cc1. The van der Waals surface area contributed by atoms with Gasteiger partial charge in [-0.05, 0) is 73.2 Å². The first kappa shape index (κ1) is 26.0. The summed E-state index contributed by atoms with van der Waals surface area (Å²) in [5.41, 5.74) is 5.81. The highest BCUT2D eigenvalue weighted by atomic mass is 32.2. The van der Waals surface area contributed by atoms with E-state index in [1.807, 2.05) is 0 Å². The number of hydrogen-bond acceptors (Lipinski definition) is 7. The molecule has 36 heavy (non-hydrogen) atoms. The summed E-state index contributed by atoms with van der Waals surface area (Å²) in [6, 6.07) is 7.95. The lowest BCUT2D eigenvalue weighted by Gasteiger charge is -2.45. The standard InChI is InChI=1S/C24H21F5N4O2S/c25-17-1-3-18(4-2-17)31-22-9-16-7-8-32(13-23(16,14-34)11-15(22)12-30)33(35)36-19-5-6-20(21(26)10-19)24(27,28)29/h1-6,9-10,12,14,35H,7-8,11,13,30H2. The molecule has 2 aromatic carbocycles. The van der Waals surface area contributed by atoms with Crippen LogP contribution in [0.5, 0.6) is 0 Å². The molecule has 0 radical (unpaired) electrons. The number of nitrogens with zero attached hydrogens (tertiary/aromatic N) is 3. The number of benzene rings is 2. The van der Waals surface area contributed by atoms with Crippen LogP contribution < -0.4 is 5.73 Å². The maximum Gasteiger partial charge on any atom is 0.419 e. The van der Waals surface area contributed by atoms with Gasteiger partial charge in [0.15, 0.2) is 0 Å². The molecule has 3 N–H and O–H groups in total. The quantitative estimate of drug-likeness (QED) is 0.235. The van der Waals surface area contributed by atoms with Crippen molar-refractivity contribution in [2.75, 3.05) is 13.1 Å². The van der Waals surface area contributed by atoms with Gasteiger partial charge in [-0.2, -0.15) is 13.2 Å². The summed E-state index contributed by atoms with van der Waals surface area (Å²) in [7, 11) is 0. The highest BCUT2D eigenvalue weighted by Crippen LogP contribution is 2.44. The fourth-order valence-corrected chi connectivity index (χ4v) is 4.94. The van der Waals surface area contributed by atoms with Gasteiger partial charge in [0.25, 0.3) is 0 Å². The molecule has 6 nitrogen and oxygen atoms in total. The van der Waals surface area contributed by atoms with Crippen LogP contribution in [0, 0.1) is 17.0 Å². The average Bonchev–Trinajstić information content (AvgIpc) is 2.84. The zero-order valence-electron chi connectivity index (χ0n) is 18.7. The number of hydrogen-bond donors (Lipinski definition) is 2. The Morgan fingerprint density at radius 3 is 2.50 bits per heavy atom. The minimum atomic E-state index is -4.83. The number of alkyl halides is 3. The smallest absolute Gasteiger partial charge is 0.404 e. The maximum absolute atomic E-state index is 13.9. The van der Waals surface area contributed by atoms with E-state index in [2.05, 4.69) is 4.99 Å². The van der Waals surface area contributed by atoms with Crippen LogP contribution in [-0.2, 0) is 11.0 Å². The lowest BCUT2D eigenvalue weighted by Crippen LogP contribution is -2.52. The van der Waals surface area contributed by atoms with Crippen LogP contribution in [0.25, 0.3) is 0 Å². The molecule has 0 amide bonds. The predicted molar refractivity (Wildman–Crippen MR) is 124 cm³/mol. The van der Waals surface area contributed by atoms with E-state index in [1.165, 1.54) is 35.5 Å². The van der Waals surface area contributed by atoms with Crippen LogP contribution >= 0.6 is 11.9 Å². The van der Waals surface area contributed by atoms with Crippen molar-refractivity contribution < 1.29 is 32.0 Å². The molecule has 1 aliphatic carbocycles. The summed E-state index contributed by atoms with van der Waals surface area (Å²) in [6.07, 6.45) is -0.375. The van der Waals surface area contributed by atoms with Gasteiger partial charge in [0.05, 0.1) is 22.4 Å². The van der Waals surface area contributed by atoms with Gasteiger partial charge in [-0.1, -0.05) is 10.2 Å². The summed E-state index contributed by atoms with van der Waals surface area (Å²) >= 11 is 0.621. The number of hydrazine groups is 1. The summed E-state index contributed by atoms with van der Waals surface area (Å²) < 4.78 is 66.3. The van der Waals surface area contributed by atoms with Gasteiger partial charge in [-0.25, -0.2) is 18.8 Å². The molecule has 1 saturated heterocycles. The molecule has 1 fully saturated rings. The molecule has 2 aromatic rings. The van der Waals surface area contributed by atoms with Crippen molar-refractivity contribution >= 4 is 29.6 Å². The molecular formula is C24H21F5N4O2S. The summed E-state index contributed by atoms with van der Waals surface area (Å²) in [4.78, 5) is 16.9. The Labute approximate surface area is 207 Å². The Kier molecular flexibility index (Phi) is 7.32. The van der Waals surface area contributed by atoms with Crippen molar-refractivity contribution in [1.82, 2.24) is 9.59 Å². The number of carbonyl (C=O) groups is 1. The van der Waals surface area contributed by atoms with Crippen LogP contribution in [0.2, 0.25) is 0 Å². The van der Waals surface area contributed by atoms with E-state index in [0.29, 0.717) is 52.1 Å². The number of carbonyl (C=O) groups excluding carboxylic acids is 1. The van der Waals surface area contributed by atoms with E-state index in [0.717, 1.165) is 17.9 Å². The minimum Gasteiger partial charge on any atom is -0.404 e. The number of allylic oxidation sites excluding steroid dienone is 2. The highest BCUT2D eigenvalue weighted by Gasteiger charge is 2.44. The van der Waals surface area contributed by atoms with Crippen LogP contribution in [0.15, 0.2) is 75.8 Å². The van der Waals surface area contributed by atoms with E-state index < -0.39 is 28.8 Å². The van der Waals surface area contributed by atoms with Crippen molar-refractivity contribution in [3.05, 3.63) is 83.1 Å². The number of piperidine rings is 1. The van der Waals surface area contributed by atoms with Gasteiger partial charge in [0.1, 0.15) is 17.9 Å². The zero-order valence-corrected chi connectivity index (χ0v) is 19.5. The van der Waals surface area contributed by atoms with Gasteiger partial charge in [-0.3, -0.25) is 5.21 Å². The van der Waals surface area contributed by atoms with E-state index in [9.17, 15) is 32.0 Å². The third kappa shape index (κ3) is 5.36. The molecular weight excluding hydrogens is 503 g/mol. The molecule has 1 heterocycles. The molecule has 1 unspecified atom stereocenters. The largest absolute Gasteiger partial charge is 0.419 e. The molecule has 1 aliphatic heterocycles. The van der Waals surface area contributed by atoms with Crippen LogP contribution in [0.3, 0.4) is 0 Å². The van der Waals surface area contributed by atoms with Crippen LogP contribution in [0.1, 0.15) is 18.4 Å². The second-order valence-corrected chi connectivity index (χ2v) is 9.39. The number of fused-ring (bicyclic) bond motifs is 1. The Balaban J connectivity index is 1.54. The van der Waals surface area contributed by atoms with Crippen molar-refractivity contribution in [2.24, 2.45) is 16.1 Å². The van der Waals surface area contributed by atoms with Crippen molar-refractivity contribution in [3.8, 4) is 0 Å². The van der Waals surface area contributed by atoms with Crippen LogP contribution in [-0.4, -0.2) is 39.9 Å². The lowest BCUT2D eigenvalue weighted by molar-refractivity contribution is -0.175. The normalized spacial score (nSPS) is 23.1. The third-order valence-electron chi connectivity index (χ3n) is 6.07. The Morgan fingerprint density at radius 1 is 1.17 bits per heavy atom. The molecule has 2 aliphatic rings. The van der Waals surface area contributed by atoms with Gasteiger partial charge >= 0.3 is 6.18 Å². The fourth-order valence-electron chi connectivity index (χ4n) is 4.22. The predicted octanol–water partition coefficient (Wildman–Crippen LogP) is 5.43. The molecule has 1 atom stereocenters. The first-order valence-electron chi connectivity index (χ1n) is 10.8. The summed E-state index contributed by atoms with van der Waals surface area (Å²) in [5.74, 6) is -1.85. The average molecular weight is 525 g/mol. The van der Waals surface area contributed by atoms with Gasteiger partial charge in [0, 0.05) is 29.9 Å². The first-order valence-corrected chi connectivity index (χ1v) is 11.5. The fraction of sp³-hybridized carbons (Fsp3) is 0.250. The van der Waals surface area contributed by atoms with Crippen LogP contribution in [0.4, 0.5) is 27.6 Å². The Hall–Kier alpha value is -3.06. The molecule has 0 saturated carbocycles.